The molecule has 152 valence electrons. The summed E-state index contributed by atoms with van der Waals surface area (Å²) in [5.41, 5.74) is 0. The van der Waals surface area contributed by atoms with E-state index >= 15 is 0 Å². The van der Waals surface area contributed by atoms with Crippen LogP contribution in [-0.4, -0.2) is 60.4 Å². The summed E-state index contributed by atoms with van der Waals surface area (Å²) in [5, 5.41) is 0. The van der Waals surface area contributed by atoms with Gasteiger partial charge in [0.25, 0.3) is 0 Å². The van der Waals surface area contributed by atoms with E-state index in [4.69, 9.17) is 4.74 Å². The van der Waals surface area contributed by atoms with Gasteiger partial charge in [-0.2, -0.15) is 0 Å². The van der Waals surface area contributed by atoms with Gasteiger partial charge in [-0.05, 0) is 44.9 Å². The van der Waals surface area contributed by atoms with Gasteiger partial charge >= 0.3 is 5.97 Å². The molecule has 1 saturated carbocycles. The summed E-state index contributed by atoms with van der Waals surface area (Å²) in [6, 6.07) is 0. The fraction of sp³-hybridized carbons (Fsp3) is 0.857. The molecule has 6 nitrogen and oxygen atoms in total. The molecule has 2 saturated heterocycles. The number of nitrogens with zero attached hydrogens (tertiary/aromatic N) is 2. The van der Waals surface area contributed by atoms with Crippen LogP contribution in [0.25, 0.3) is 0 Å². The Morgan fingerprint density at radius 1 is 1.00 bits per heavy atom. The first-order valence-corrected chi connectivity index (χ1v) is 10.8. The molecular formula is C21H34N2O4. The lowest BCUT2D eigenvalue weighted by atomic mass is 9.87. The molecule has 27 heavy (non-hydrogen) atoms. The lowest BCUT2D eigenvalue weighted by molar-refractivity contribution is -0.153. The van der Waals surface area contributed by atoms with E-state index in [0.717, 1.165) is 6.54 Å². The van der Waals surface area contributed by atoms with Gasteiger partial charge in [-0.1, -0.05) is 19.3 Å². The minimum Gasteiger partial charge on any atom is -0.466 e. The smallest absolute Gasteiger partial charge is 0.309 e. The van der Waals surface area contributed by atoms with E-state index in [1.807, 2.05) is 16.7 Å². The molecule has 0 N–H and O–H groups in total. The molecule has 0 unspecified atom stereocenters. The van der Waals surface area contributed by atoms with Crippen molar-refractivity contribution in [3.05, 3.63) is 0 Å². The first kappa shape index (κ1) is 20.2. The first-order chi connectivity index (χ1) is 13.1. The van der Waals surface area contributed by atoms with Crippen molar-refractivity contribution in [2.75, 3.05) is 32.8 Å². The average molecular weight is 379 g/mol. The van der Waals surface area contributed by atoms with E-state index in [9.17, 15) is 14.4 Å². The molecule has 3 rings (SSSR count). The zero-order chi connectivity index (χ0) is 19.2. The number of carbonyl (C=O) groups excluding carboxylic acids is 3. The average Bonchev–Trinajstić information content (AvgIpc) is 2.70. The maximum Gasteiger partial charge on any atom is 0.309 e. The number of amides is 2. The zero-order valence-electron chi connectivity index (χ0n) is 16.7. The second-order valence-corrected chi connectivity index (χ2v) is 8.39. The van der Waals surface area contributed by atoms with Crippen LogP contribution in [0.1, 0.15) is 64.7 Å². The van der Waals surface area contributed by atoms with Crippen molar-refractivity contribution in [2.45, 2.75) is 64.7 Å². The first-order valence-electron chi connectivity index (χ1n) is 10.8. The van der Waals surface area contributed by atoms with Crippen molar-refractivity contribution in [1.82, 2.24) is 9.80 Å². The number of likely N-dealkylation sites (tertiary alicyclic amines) is 2. The van der Waals surface area contributed by atoms with Gasteiger partial charge < -0.3 is 14.5 Å². The Morgan fingerprint density at radius 2 is 1.70 bits per heavy atom. The second kappa shape index (κ2) is 9.56. The number of rotatable bonds is 5. The SMILES string of the molecule is CCOC(=O)C1CCN(C(=O)[C@H]2CCC(=O)N(CC3CCCCC3)C2)CC1. The molecule has 2 heterocycles. The molecule has 0 aromatic rings. The number of ether oxygens (including phenoxy) is 1. The normalized spacial score (nSPS) is 25.5. The van der Waals surface area contributed by atoms with Gasteiger partial charge in [0, 0.05) is 32.6 Å². The summed E-state index contributed by atoms with van der Waals surface area (Å²) in [5.74, 6) is 0.697. The van der Waals surface area contributed by atoms with Gasteiger partial charge in [-0.3, -0.25) is 14.4 Å². The van der Waals surface area contributed by atoms with Crippen LogP contribution in [0.4, 0.5) is 0 Å². The number of piperidine rings is 2. The molecule has 0 bridgehead atoms. The summed E-state index contributed by atoms with van der Waals surface area (Å²) in [7, 11) is 0. The highest BCUT2D eigenvalue weighted by molar-refractivity contribution is 5.84. The molecule has 3 aliphatic rings. The Hall–Kier alpha value is -1.59. The Morgan fingerprint density at radius 3 is 2.37 bits per heavy atom. The van der Waals surface area contributed by atoms with Crippen molar-refractivity contribution >= 4 is 17.8 Å². The van der Waals surface area contributed by atoms with Crippen LogP contribution in [0.5, 0.6) is 0 Å². The van der Waals surface area contributed by atoms with Crippen molar-refractivity contribution in [3.63, 3.8) is 0 Å². The van der Waals surface area contributed by atoms with E-state index in [1.165, 1.54) is 32.1 Å². The van der Waals surface area contributed by atoms with E-state index in [-0.39, 0.29) is 29.6 Å². The van der Waals surface area contributed by atoms with Gasteiger partial charge in [0.15, 0.2) is 0 Å². The minimum absolute atomic E-state index is 0.0783. The fourth-order valence-corrected chi connectivity index (χ4v) is 4.83. The van der Waals surface area contributed by atoms with Crippen LogP contribution in [-0.2, 0) is 19.1 Å². The van der Waals surface area contributed by atoms with Crippen LogP contribution in [0, 0.1) is 17.8 Å². The third-order valence-corrected chi connectivity index (χ3v) is 6.48. The van der Waals surface area contributed by atoms with E-state index in [0.29, 0.717) is 57.8 Å². The molecule has 0 aromatic carbocycles. The summed E-state index contributed by atoms with van der Waals surface area (Å²) >= 11 is 0. The number of esters is 1. The molecule has 2 aliphatic heterocycles. The highest BCUT2D eigenvalue weighted by Crippen LogP contribution is 2.28. The van der Waals surface area contributed by atoms with Gasteiger partial charge in [0.2, 0.25) is 11.8 Å². The molecule has 2 amide bonds. The zero-order valence-corrected chi connectivity index (χ0v) is 16.7. The predicted octanol–water partition coefficient (Wildman–Crippen LogP) is 2.61. The molecule has 3 fully saturated rings. The highest BCUT2D eigenvalue weighted by Gasteiger charge is 2.36. The van der Waals surface area contributed by atoms with Crippen LogP contribution in [0.15, 0.2) is 0 Å². The van der Waals surface area contributed by atoms with Gasteiger partial charge in [0.05, 0.1) is 18.4 Å². The monoisotopic (exact) mass is 378 g/mol. The van der Waals surface area contributed by atoms with Crippen LogP contribution in [0.3, 0.4) is 0 Å². The molecule has 1 aliphatic carbocycles. The van der Waals surface area contributed by atoms with Crippen molar-refractivity contribution < 1.29 is 19.1 Å². The number of hydrogen-bond acceptors (Lipinski definition) is 4. The van der Waals surface area contributed by atoms with Crippen LogP contribution >= 0.6 is 0 Å². The lowest BCUT2D eigenvalue weighted by Gasteiger charge is -2.38. The maximum atomic E-state index is 13.0. The van der Waals surface area contributed by atoms with Crippen molar-refractivity contribution in [1.29, 1.82) is 0 Å². The molecule has 1 atom stereocenters. The summed E-state index contributed by atoms with van der Waals surface area (Å²) in [6.07, 6.45) is 8.79. The van der Waals surface area contributed by atoms with Crippen LogP contribution < -0.4 is 0 Å². The third kappa shape index (κ3) is 5.23. The van der Waals surface area contributed by atoms with Gasteiger partial charge in [-0.15, -0.1) is 0 Å². The summed E-state index contributed by atoms with van der Waals surface area (Å²) in [6.45, 7) is 4.87. The summed E-state index contributed by atoms with van der Waals surface area (Å²) < 4.78 is 5.10. The Bertz CT molecular complexity index is 536. The maximum absolute atomic E-state index is 13.0. The standard InChI is InChI=1S/C21H34N2O4/c1-2-27-21(26)17-10-12-22(13-11-17)20(25)18-8-9-19(24)23(15-18)14-16-6-4-3-5-7-16/h16-18H,2-15H2,1H3/t18-/m0/s1. The Balaban J connectivity index is 1.49. The van der Waals surface area contributed by atoms with E-state index in [2.05, 4.69) is 0 Å². The fourth-order valence-electron chi connectivity index (χ4n) is 4.83. The largest absolute Gasteiger partial charge is 0.466 e. The number of hydrogen-bond donors (Lipinski definition) is 0. The molecule has 0 radical (unpaired) electrons. The minimum atomic E-state index is -0.133. The van der Waals surface area contributed by atoms with Gasteiger partial charge in [-0.25, -0.2) is 0 Å². The van der Waals surface area contributed by atoms with Gasteiger partial charge in [0.1, 0.15) is 0 Å². The highest BCUT2D eigenvalue weighted by atomic mass is 16.5. The quantitative estimate of drug-likeness (QED) is 0.690. The molecule has 0 spiro atoms. The van der Waals surface area contributed by atoms with Crippen molar-refractivity contribution in [3.8, 4) is 0 Å². The van der Waals surface area contributed by atoms with E-state index in [1.54, 1.807) is 0 Å². The van der Waals surface area contributed by atoms with E-state index < -0.39 is 0 Å². The molecule has 6 heteroatoms. The van der Waals surface area contributed by atoms with Crippen LogP contribution in [0.2, 0.25) is 0 Å². The third-order valence-electron chi connectivity index (χ3n) is 6.48. The predicted molar refractivity (Wildman–Crippen MR) is 102 cm³/mol. The topological polar surface area (TPSA) is 66.9 Å². The molecule has 0 aromatic heterocycles. The Labute approximate surface area is 162 Å². The summed E-state index contributed by atoms with van der Waals surface area (Å²) in [4.78, 5) is 41.0. The molecular weight excluding hydrogens is 344 g/mol. The number of carbonyl (C=O) groups is 3. The Kier molecular flexibility index (Phi) is 7.13. The van der Waals surface area contributed by atoms with Crippen molar-refractivity contribution in [2.24, 2.45) is 17.8 Å². The second-order valence-electron chi connectivity index (χ2n) is 8.39. The lowest BCUT2D eigenvalue weighted by Crippen LogP contribution is -2.50.